The van der Waals surface area contributed by atoms with Crippen molar-refractivity contribution in [3.63, 3.8) is 0 Å². The molecule has 1 aromatic carbocycles. The van der Waals surface area contributed by atoms with E-state index >= 15 is 0 Å². The minimum Gasteiger partial charge on any atom is -0.375 e. The lowest BCUT2D eigenvalue weighted by atomic mass is 10.1. The van der Waals surface area contributed by atoms with E-state index in [1.807, 2.05) is 19.9 Å². The molecule has 3 N–H and O–H groups in total. The molecule has 0 aliphatic carbocycles. The fourth-order valence-electron chi connectivity index (χ4n) is 2.28. The summed E-state index contributed by atoms with van der Waals surface area (Å²) >= 11 is 0. The molecule has 2 amide bonds. The van der Waals surface area contributed by atoms with Crippen LogP contribution in [-0.2, 0) is 14.3 Å². The molecule has 2 atom stereocenters. The second kappa shape index (κ2) is 6.69. The number of hydrogen-bond acceptors (Lipinski definition) is 4. The van der Waals surface area contributed by atoms with E-state index in [1.54, 1.807) is 12.1 Å². The summed E-state index contributed by atoms with van der Waals surface area (Å²) in [6, 6.07) is 5.04. The molecule has 21 heavy (non-hydrogen) atoms. The number of aryl methyl sites for hydroxylation is 1. The highest BCUT2D eigenvalue weighted by molar-refractivity contribution is 5.97. The number of morpholine rings is 1. The van der Waals surface area contributed by atoms with Crippen molar-refractivity contribution in [3.05, 3.63) is 23.8 Å². The van der Waals surface area contributed by atoms with Gasteiger partial charge in [0.25, 0.3) is 0 Å². The summed E-state index contributed by atoms with van der Waals surface area (Å²) in [4.78, 5) is 23.4. The van der Waals surface area contributed by atoms with Crippen molar-refractivity contribution in [2.45, 2.75) is 32.9 Å². The zero-order valence-corrected chi connectivity index (χ0v) is 12.5. The Bertz CT molecular complexity index is 545. The lowest BCUT2D eigenvalue weighted by Crippen LogP contribution is -2.53. The van der Waals surface area contributed by atoms with Gasteiger partial charge in [-0.3, -0.25) is 9.59 Å². The number of anilines is 2. The van der Waals surface area contributed by atoms with E-state index < -0.39 is 0 Å². The maximum Gasteiger partial charge on any atom is 0.244 e. The summed E-state index contributed by atoms with van der Waals surface area (Å²) in [6.07, 6.45) is -0.169. The van der Waals surface area contributed by atoms with Gasteiger partial charge in [-0.25, -0.2) is 0 Å². The van der Waals surface area contributed by atoms with Gasteiger partial charge in [0.2, 0.25) is 11.8 Å². The van der Waals surface area contributed by atoms with Crippen LogP contribution >= 0.6 is 0 Å². The van der Waals surface area contributed by atoms with Crippen LogP contribution in [0.3, 0.4) is 0 Å². The van der Waals surface area contributed by atoms with Gasteiger partial charge in [0, 0.05) is 24.8 Å². The second-order valence-electron chi connectivity index (χ2n) is 5.21. The van der Waals surface area contributed by atoms with Crippen molar-refractivity contribution in [1.82, 2.24) is 5.32 Å². The van der Waals surface area contributed by atoms with Gasteiger partial charge >= 0.3 is 0 Å². The normalized spacial score (nSPS) is 21.7. The van der Waals surface area contributed by atoms with Gasteiger partial charge in [-0.15, -0.1) is 0 Å². The van der Waals surface area contributed by atoms with Crippen molar-refractivity contribution in [2.75, 3.05) is 23.8 Å². The number of benzene rings is 1. The third-order valence-corrected chi connectivity index (χ3v) is 3.41. The molecule has 6 nitrogen and oxygen atoms in total. The molecular weight excluding hydrogens is 270 g/mol. The van der Waals surface area contributed by atoms with E-state index in [0.29, 0.717) is 24.5 Å². The Labute approximate surface area is 124 Å². The number of ether oxygens (including phenoxy) is 1. The second-order valence-corrected chi connectivity index (χ2v) is 5.21. The zero-order chi connectivity index (χ0) is 15.4. The maximum atomic E-state index is 12.3. The van der Waals surface area contributed by atoms with E-state index in [9.17, 15) is 9.59 Å². The molecule has 6 heteroatoms. The summed E-state index contributed by atoms with van der Waals surface area (Å²) in [5.74, 6) is -0.280. The topological polar surface area (TPSA) is 79.5 Å². The van der Waals surface area contributed by atoms with Crippen LogP contribution in [-0.4, -0.2) is 37.1 Å². The molecule has 0 bridgehead atoms. The molecule has 0 aromatic heterocycles. The van der Waals surface area contributed by atoms with Crippen LogP contribution in [0.15, 0.2) is 18.2 Å². The Balaban J connectivity index is 2.10. The molecular formula is C15H21N3O3. The average Bonchev–Trinajstić information content (AvgIpc) is 2.42. The van der Waals surface area contributed by atoms with Crippen LogP contribution in [0.4, 0.5) is 11.4 Å². The van der Waals surface area contributed by atoms with Crippen LogP contribution < -0.4 is 16.0 Å². The Morgan fingerprint density at radius 1 is 1.33 bits per heavy atom. The van der Waals surface area contributed by atoms with E-state index in [4.69, 9.17) is 4.74 Å². The molecule has 1 heterocycles. The van der Waals surface area contributed by atoms with Gasteiger partial charge in [-0.1, -0.05) is 6.07 Å². The molecule has 1 fully saturated rings. The zero-order valence-electron chi connectivity index (χ0n) is 12.5. The van der Waals surface area contributed by atoms with E-state index in [2.05, 4.69) is 16.0 Å². The van der Waals surface area contributed by atoms with Crippen LogP contribution in [0.5, 0.6) is 0 Å². The first kappa shape index (κ1) is 15.5. The summed E-state index contributed by atoms with van der Waals surface area (Å²) < 4.78 is 5.48. The maximum absolute atomic E-state index is 12.3. The number of hydrogen-bond donors (Lipinski definition) is 3. The molecule has 2 rings (SSSR count). The highest BCUT2D eigenvalue weighted by Crippen LogP contribution is 2.21. The smallest absolute Gasteiger partial charge is 0.244 e. The van der Waals surface area contributed by atoms with Crippen LogP contribution in [0.2, 0.25) is 0 Å². The molecule has 0 radical (unpaired) electrons. The fourth-order valence-corrected chi connectivity index (χ4v) is 2.28. The van der Waals surface area contributed by atoms with Crippen LogP contribution in [0.25, 0.3) is 0 Å². The summed E-state index contributed by atoms with van der Waals surface area (Å²) in [7, 11) is 0. The molecule has 1 aliphatic rings. The largest absolute Gasteiger partial charge is 0.375 e. The molecule has 0 saturated carbocycles. The first-order valence-electron chi connectivity index (χ1n) is 7.01. The van der Waals surface area contributed by atoms with Gasteiger partial charge < -0.3 is 20.7 Å². The first-order chi connectivity index (χ1) is 9.97. The number of carbonyl (C=O) groups excluding carboxylic acids is 2. The van der Waals surface area contributed by atoms with Gasteiger partial charge in [0.15, 0.2) is 0 Å². The van der Waals surface area contributed by atoms with Gasteiger partial charge in [-0.05, 0) is 31.5 Å². The highest BCUT2D eigenvalue weighted by Gasteiger charge is 2.28. The quantitative estimate of drug-likeness (QED) is 0.783. The molecule has 114 valence electrons. The minimum absolute atomic E-state index is 0.134. The highest BCUT2D eigenvalue weighted by atomic mass is 16.5. The van der Waals surface area contributed by atoms with Crippen molar-refractivity contribution in [3.8, 4) is 0 Å². The van der Waals surface area contributed by atoms with E-state index in [1.165, 1.54) is 6.92 Å². The predicted molar refractivity (Wildman–Crippen MR) is 81.3 cm³/mol. The monoisotopic (exact) mass is 291 g/mol. The SMILES string of the molecule is CC(=O)Nc1ccc(C)c(NC(=O)[C@H]2NCCO[C@@H]2C)c1. The number of carbonyl (C=O) groups is 2. The van der Waals surface area contributed by atoms with Gasteiger partial charge in [-0.2, -0.15) is 0 Å². The van der Waals surface area contributed by atoms with E-state index in [-0.39, 0.29) is 24.0 Å². The average molecular weight is 291 g/mol. The Hall–Kier alpha value is -1.92. The predicted octanol–water partition coefficient (Wildman–Crippen LogP) is 1.27. The van der Waals surface area contributed by atoms with Crippen molar-refractivity contribution >= 4 is 23.2 Å². The lowest BCUT2D eigenvalue weighted by Gasteiger charge is -2.29. The van der Waals surface area contributed by atoms with Gasteiger partial charge in [0.05, 0.1) is 12.7 Å². The standard InChI is InChI=1S/C15H21N3O3/c1-9-4-5-12(17-11(3)19)8-13(9)18-15(20)14-10(2)21-7-6-16-14/h4-5,8,10,14,16H,6-7H2,1-3H3,(H,17,19)(H,18,20)/t10-,14+/m1/s1. The molecule has 1 aromatic rings. The Morgan fingerprint density at radius 3 is 2.76 bits per heavy atom. The van der Waals surface area contributed by atoms with Crippen LogP contribution in [0, 0.1) is 6.92 Å². The third-order valence-electron chi connectivity index (χ3n) is 3.41. The van der Waals surface area contributed by atoms with Crippen LogP contribution in [0.1, 0.15) is 19.4 Å². The van der Waals surface area contributed by atoms with Crippen molar-refractivity contribution in [2.24, 2.45) is 0 Å². The van der Waals surface area contributed by atoms with Crippen molar-refractivity contribution in [1.29, 1.82) is 0 Å². The molecule has 1 saturated heterocycles. The lowest BCUT2D eigenvalue weighted by molar-refractivity contribution is -0.123. The summed E-state index contributed by atoms with van der Waals surface area (Å²) in [6.45, 7) is 6.50. The molecule has 0 unspecified atom stereocenters. The van der Waals surface area contributed by atoms with E-state index in [0.717, 1.165) is 5.56 Å². The Kier molecular flexibility index (Phi) is 4.93. The summed E-state index contributed by atoms with van der Waals surface area (Å²) in [5.41, 5.74) is 2.27. The molecule has 0 spiro atoms. The Morgan fingerprint density at radius 2 is 2.10 bits per heavy atom. The number of rotatable bonds is 3. The summed E-state index contributed by atoms with van der Waals surface area (Å²) in [5, 5.41) is 8.74. The first-order valence-corrected chi connectivity index (χ1v) is 7.01. The number of nitrogens with one attached hydrogen (secondary N) is 3. The number of amides is 2. The third kappa shape index (κ3) is 4.03. The molecule has 1 aliphatic heterocycles. The fraction of sp³-hybridized carbons (Fsp3) is 0.467. The van der Waals surface area contributed by atoms with Gasteiger partial charge in [0.1, 0.15) is 6.04 Å². The van der Waals surface area contributed by atoms with Crippen molar-refractivity contribution < 1.29 is 14.3 Å². The minimum atomic E-state index is -0.373.